The van der Waals surface area contributed by atoms with Gasteiger partial charge in [-0.15, -0.1) is 0 Å². The molecular formula is C6H7NO3. The third-order valence-electron chi connectivity index (χ3n) is 1.20. The number of rotatable bonds is 0. The Bertz CT molecular complexity index is 227. The summed E-state index contributed by atoms with van der Waals surface area (Å²) in [5.41, 5.74) is 0.0833. The van der Waals surface area contributed by atoms with Gasteiger partial charge in [-0.2, -0.15) is 0 Å². The van der Waals surface area contributed by atoms with Gasteiger partial charge < -0.3 is 15.4 Å². The highest BCUT2D eigenvalue weighted by molar-refractivity contribution is 6.00. The van der Waals surface area contributed by atoms with E-state index in [4.69, 9.17) is 15.4 Å². The molecule has 54 valence electrons. The lowest BCUT2D eigenvalue weighted by molar-refractivity contribution is 0.310. The van der Waals surface area contributed by atoms with Crippen molar-refractivity contribution in [3.8, 4) is 0 Å². The molecule has 0 bridgehead atoms. The van der Waals surface area contributed by atoms with Crippen molar-refractivity contribution in [2.45, 2.75) is 6.42 Å². The van der Waals surface area contributed by atoms with Crippen molar-refractivity contribution in [3.05, 3.63) is 23.7 Å². The van der Waals surface area contributed by atoms with Crippen molar-refractivity contribution in [1.29, 1.82) is 0 Å². The van der Waals surface area contributed by atoms with Gasteiger partial charge in [-0.3, -0.25) is 0 Å². The summed E-state index contributed by atoms with van der Waals surface area (Å²) < 4.78 is 0. The lowest BCUT2D eigenvalue weighted by Crippen LogP contribution is -2.07. The van der Waals surface area contributed by atoms with Crippen molar-refractivity contribution in [3.63, 3.8) is 0 Å². The van der Waals surface area contributed by atoms with Crippen molar-refractivity contribution in [1.82, 2.24) is 0 Å². The van der Waals surface area contributed by atoms with Crippen LogP contribution in [0.1, 0.15) is 6.42 Å². The Hall–Kier alpha value is -1.45. The van der Waals surface area contributed by atoms with Crippen molar-refractivity contribution in [2.24, 2.45) is 5.16 Å². The Kier molecular flexibility index (Phi) is 1.62. The van der Waals surface area contributed by atoms with E-state index < -0.39 is 0 Å². The van der Waals surface area contributed by atoms with Crippen LogP contribution < -0.4 is 0 Å². The van der Waals surface area contributed by atoms with E-state index in [1.54, 1.807) is 0 Å². The van der Waals surface area contributed by atoms with Crippen molar-refractivity contribution in [2.75, 3.05) is 0 Å². The zero-order valence-corrected chi connectivity index (χ0v) is 5.15. The second kappa shape index (κ2) is 2.43. The van der Waals surface area contributed by atoms with Crippen LogP contribution in [0.3, 0.4) is 0 Å². The van der Waals surface area contributed by atoms with E-state index in [9.17, 15) is 0 Å². The molecule has 0 radical (unpaired) electrons. The molecule has 3 N–H and O–H groups in total. The highest BCUT2D eigenvalue weighted by Gasteiger charge is 2.11. The minimum Gasteiger partial charge on any atom is -0.512 e. The molecule has 4 heteroatoms. The number of hydrogen-bond donors (Lipinski definition) is 3. The van der Waals surface area contributed by atoms with E-state index in [1.807, 2.05) is 0 Å². The molecule has 0 aromatic carbocycles. The van der Waals surface area contributed by atoms with Gasteiger partial charge in [-0.05, 0) is 12.2 Å². The van der Waals surface area contributed by atoms with E-state index in [1.165, 1.54) is 12.2 Å². The van der Waals surface area contributed by atoms with Crippen LogP contribution in [0.15, 0.2) is 28.8 Å². The molecule has 0 amide bonds. The summed E-state index contributed by atoms with van der Waals surface area (Å²) in [5, 5.41) is 28.7. The van der Waals surface area contributed by atoms with Crippen LogP contribution >= 0.6 is 0 Å². The normalized spacial score (nSPS) is 22.2. The zero-order valence-electron chi connectivity index (χ0n) is 5.15. The molecule has 0 aromatic rings. The van der Waals surface area contributed by atoms with Crippen LogP contribution in [0.25, 0.3) is 0 Å². The summed E-state index contributed by atoms with van der Waals surface area (Å²) in [7, 11) is 0. The molecule has 1 aliphatic carbocycles. The predicted octanol–water partition coefficient (Wildman–Crippen LogP) is 1.10. The largest absolute Gasteiger partial charge is 0.512 e. The monoisotopic (exact) mass is 141 g/mol. The lowest BCUT2D eigenvalue weighted by Gasteiger charge is -2.05. The highest BCUT2D eigenvalue weighted by Crippen LogP contribution is 2.11. The fourth-order valence-electron chi connectivity index (χ4n) is 0.679. The Labute approximate surface area is 57.4 Å². The van der Waals surface area contributed by atoms with Crippen LogP contribution in [0, 0.1) is 0 Å². The van der Waals surface area contributed by atoms with E-state index in [0.717, 1.165) is 0 Å². The zero-order chi connectivity index (χ0) is 7.56. The topological polar surface area (TPSA) is 73.1 Å². The molecule has 0 aromatic heterocycles. The van der Waals surface area contributed by atoms with E-state index in [0.29, 0.717) is 0 Å². The van der Waals surface area contributed by atoms with Crippen molar-refractivity contribution >= 4 is 5.71 Å². The molecule has 4 nitrogen and oxygen atoms in total. The smallest absolute Gasteiger partial charge is 0.140 e. The predicted molar refractivity (Wildman–Crippen MR) is 35.3 cm³/mol. The first-order valence-electron chi connectivity index (χ1n) is 2.74. The van der Waals surface area contributed by atoms with Gasteiger partial charge in [0.25, 0.3) is 0 Å². The van der Waals surface area contributed by atoms with Gasteiger partial charge in [-0.1, -0.05) is 5.16 Å². The third kappa shape index (κ3) is 1.10. The molecule has 0 unspecified atom stereocenters. The third-order valence-corrected chi connectivity index (χ3v) is 1.20. The van der Waals surface area contributed by atoms with Gasteiger partial charge in [0.1, 0.15) is 11.5 Å². The first-order chi connectivity index (χ1) is 4.74. The minimum absolute atomic E-state index is 0.0746. The summed E-state index contributed by atoms with van der Waals surface area (Å²) in [6.45, 7) is 0. The van der Waals surface area contributed by atoms with Crippen LogP contribution in [0.4, 0.5) is 0 Å². The van der Waals surface area contributed by atoms with Gasteiger partial charge in [0.2, 0.25) is 0 Å². The Morgan fingerprint density at radius 3 is 2.50 bits per heavy atom. The number of oxime groups is 1. The van der Waals surface area contributed by atoms with Crippen molar-refractivity contribution < 1.29 is 15.4 Å². The van der Waals surface area contributed by atoms with Gasteiger partial charge >= 0.3 is 0 Å². The van der Waals surface area contributed by atoms with E-state index in [-0.39, 0.29) is 23.7 Å². The molecule has 0 heterocycles. The fraction of sp³-hybridized carbons (Fsp3) is 0.167. The average Bonchev–Trinajstić information content (AvgIpc) is 1.94. The maximum atomic E-state index is 8.90. The number of aliphatic hydroxyl groups excluding tert-OH is 2. The summed E-state index contributed by atoms with van der Waals surface area (Å²) >= 11 is 0. The molecule has 0 fully saturated rings. The average molecular weight is 141 g/mol. The molecule has 0 atom stereocenters. The fourth-order valence-corrected chi connectivity index (χ4v) is 0.679. The maximum Gasteiger partial charge on any atom is 0.140 e. The number of nitrogens with zero attached hydrogens (tertiary/aromatic N) is 1. The Balaban J connectivity index is 2.89. The summed E-state index contributed by atoms with van der Waals surface area (Å²) in [5.74, 6) is -0.0362. The van der Waals surface area contributed by atoms with Crippen LogP contribution in [-0.2, 0) is 0 Å². The van der Waals surface area contributed by atoms with E-state index in [2.05, 4.69) is 5.16 Å². The number of aliphatic hydroxyl groups is 2. The number of allylic oxidation sites excluding steroid dienone is 4. The molecule has 0 saturated heterocycles. The molecule has 0 spiro atoms. The van der Waals surface area contributed by atoms with Gasteiger partial charge in [0, 0.05) is 0 Å². The first-order valence-corrected chi connectivity index (χ1v) is 2.74. The minimum atomic E-state index is -0.111. The Morgan fingerprint density at radius 2 is 2.00 bits per heavy atom. The van der Waals surface area contributed by atoms with E-state index >= 15 is 0 Å². The quantitative estimate of drug-likeness (QED) is 0.349. The second-order valence-electron chi connectivity index (χ2n) is 1.93. The number of hydrogen-bond acceptors (Lipinski definition) is 4. The molecule has 10 heavy (non-hydrogen) atoms. The van der Waals surface area contributed by atoms with Gasteiger partial charge in [0.05, 0.1) is 12.2 Å². The Morgan fingerprint density at radius 1 is 1.30 bits per heavy atom. The summed E-state index contributed by atoms with van der Waals surface area (Å²) in [6.07, 6.45) is 2.71. The standard InChI is InChI=1S/C6H7NO3/c8-4-1-2-6(9)5(3-4)7-10/h1-2,8-10H,3H2. The summed E-state index contributed by atoms with van der Waals surface area (Å²) in [4.78, 5) is 0. The van der Waals surface area contributed by atoms with Crippen LogP contribution in [0.2, 0.25) is 0 Å². The van der Waals surface area contributed by atoms with Gasteiger partial charge in [-0.25, -0.2) is 0 Å². The molecule has 1 aliphatic rings. The molecule has 0 saturated carbocycles. The first kappa shape index (κ1) is 6.67. The molecular weight excluding hydrogens is 134 g/mol. The molecule has 0 aliphatic heterocycles. The van der Waals surface area contributed by atoms with Gasteiger partial charge in [0.15, 0.2) is 0 Å². The second-order valence-corrected chi connectivity index (χ2v) is 1.93. The van der Waals surface area contributed by atoms with Crippen LogP contribution in [0.5, 0.6) is 0 Å². The highest BCUT2D eigenvalue weighted by atomic mass is 16.4. The molecule has 1 rings (SSSR count). The SMILES string of the molecule is ON=C1CC(O)=CC=C1O. The maximum absolute atomic E-state index is 8.90. The lowest BCUT2D eigenvalue weighted by atomic mass is 10.1. The summed E-state index contributed by atoms with van der Waals surface area (Å²) in [6, 6.07) is 0. The van der Waals surface area contributed by atoms with Crippen LogP contribution in [-0.4, -0.2) is 21.1 Å².